The number of nitrogen functional groups attached to an aromatic ring is 2. The number of nitrogens with one attached hydrogen (secondary N) is 1. The van der Waals surface area contributed by atoms with E-state index in [9.17, 15) is 10.1 Å². The van der Waals surface area contributed by atoms with Crippen molar-refractivity contribution in [1.29, 1.82) is 0 Å². The van der Waals surface area contributed by atoms with E-state index in [1.165, 1.54) is 18.2 Å². The number of benzene rings is 1. The maximum Gasteiger partial charge on any atom is 0.295 e. The molecule has 0 heterocycles. The summed E-state index contributed by atoms with van der Waals surface area (Å²) in [5.41, 5.74) is 7.87. The quantitative estimate of drug-likeness (QED) is 0.257. The molecule has 1 aromatic rings. The van der Waals surface area contributed by atoms with Crippen LogP contribution in [0, 0.1) is 10.1 Å². The van der Waals surface area contributed by atoms with Crippen molar-refractivity contribution in [3.05, 3.63) is 28.3 Å². The van der Waals surface area contributed by atoms with E-state index in [1.54, 1.807) is 0 Å². The van der Waals surface area contributed by atoms with E-state index in [1.807, 2.05) is 0 Å². The lowest BCUT2D eigenvalue weighted by molar-refractivity contribution is -0.383. The summed E-state index contributed by atoms with van der Waals surface area (Å²) in [4.78, 5) is 9.84. The minimum absolute atomic E-state index is 0.127. The average Bonchev–Trinajstić information content (AvgIpc) is 2.03. The Morgan fingerprint density at radius 2 is 2.17 bits per heavy atom. The van der Waals surface area contributed by atoms with Crippen LogP contribution in [-0.4, -0.2) is 4.92 Å². The predicted molar refractivity (Wildman–Crippen MR) is 45.3 cm³/mol. The summed E-state index contributed by atoms with van der Waals surface area (Å²) in [5, 5.41) is 10.4. The molecule has 0 aliphatic heterocycles. The van der Waals surface area contributed by atoms with Crippen molar-refractivity contribution in [2.45, 2.75) is 0 Å². The molecule has 0 bridgehead atoms. The summed E-state index contributed by atoms with van der Waals surface area (Å²) < 4.78 is 0. The van der Waals surface area contributed by atoms with Gasteiger partial charge in [-0.25, -0.2) is 0 Å². The molecule has 0 aromatic heterocycles. The van der Waals surface area contributed by atoms with E-state index in [0.29, 0.717) is 0 Å². The molecule has 0 atom stereocenters. The second kappa shape index (κ2) is 3.05. The van der Waals surface area contributed by atoms with Crippen LogP contribution in [-0.2, 0) is 0 Å². The van der Waals surface area contributed by atoms with Crippen molar-refractivity contribution < 1.29 is 4.92 Å². The van der Waals surface area contributed by atoms with Gasteiger partial charge in [0.05, 0.1) is 10.6 Å². The van der Waals surface area contributed by atoms with Crippen molar-refractivity contribution in [2.75, 3.05) is 11.2 Å². The first-order chi connectivity index (χ1) is 5.66. The topological polar surface area (TPSA) is 107 Å². The van der Waals surface area contributed by atoms with Gasteiger partial charge in [0.1, 0.15) is 0 Å². The molecule has 0 radical (unpaired) electrons. The van der Waals surface area contributed by atoms with E-state index >= 15 is 0 Å². The number of rotatable bonds is 2. The van der Waals surface area contributed by atoms with Crippen LogP contribution in [0.2, 0.25) is 0 Å². The fourth-order valence-corrected chi connectivity index (χ4v) is 0.867. The van der Waals surface area contributed by atoms with Crippen LogP contribution in [0.4, 0.5) is 17.1 Å². The fourth-order valence-electron chi connectivity index (χ4n) is 0.867. The van der Waals surface area contributed by atoms with Crippen molar-refractivity contribution in [2.24, 2.45) is 5.84 Å². The average molecular weight is 168 g/mol. The van der Waals surface area contributed by atoms with Gasteiger partial charge in [-0.1, -0.05) is 6.07 Å². The molecule has 1 rings (SSSR count). The van der Waals surface area contributed by atoms with Gasteiger partial charge in [-0.15, -0.1) is 0 Å². The summed E-state index contributed by atoms with van der Waals surface area (Å²) in [6.45, 7) is 0. The molecule has 0 amide bonds. The van der Waals surface area contributed by atoms with Crippen LogP contribution in [0.25, 0.3) is 0 Å². The van der Waals surface area contributed by atoms with Crippen molar-refractivity contribution in [3.63, 3.8) is 0 Å². The minimum atomic E-state index is -0.550. The van der Waals surface area contributed by atoms with E-state index in [0.717, 1.165) is 0 Å². The molecule has 0 saturated carbocycles. The Morgan fingerprint density at radius 3 is 2.58 bits per heavy atom. The summed E-state index contributed by atoms with van der Waals surface area (Å²) in [5.74, 6) is 5.05. The Balaban J connectivity index is 3.27. The van der Waals surface area contributed by atoms with Gasteiger partial charge < -0.3 is 11.2 Å². The van der Waals surface area contributed by atoms with E-state index < -0.39 is 4.92 Å². The number of hydrogen-bond acceptors (Lipinski definition) is 5. The van der Waals surface area contributed by atoms with Crippen LogP contribution in [0.3, 0.4) is 0 Å². The zero-order chi connectivity index (χ0) is 9.14. The Kier molecular flexibility index (Phi) is 2.11. The highest BCUT2D eigenvalue weighted by atomic mass is 16.6. The third-order valence-electron chi connectivity index (χ3n) is 1.42. The lowest BCUT2D eigenvalue weighted by atomic mass is 10.2. The van der Waals surface area contributed by atoms with Gasteiger partial charge in [0, 0.05) is 6.07 Å². The smallest absolute Gasteiger partial charge is 0.295 e. The van der Waals surface area contributed by atoms with Crippen molar-refractivity contribution in [1.82, 2.24) is 0 Å². The van der Waals surface area contributed by atoms with Crippen molar-refractivity contribution >= 4 is 17.1 Å². The maximum atomic E-state index is 10.4. The second-order valence-electron chi connectivity index (χ2n) is 2.14. The molecule has 0 aliphatic rings. The number of nitrogens with two attached hydrogens (primary N) is 2. The highest BCUT2D eigenvalue weighted by Crippen LogP contribution is 2.28. The first-order valence-electron chi connectivity index (χ1n) is 3.16. The van der Waals surface area contributed by atoms with Gasteiger partial charge in [0.15, 0.2) is 5.69 Å². The Bertz CT molecular complexity index is 312. The molecule has 12 heavy (non-hydrogen) atoms. The molecule has 6 heteroatoms. The number of nitro groups is 1. The lowest BCUT2D eigenvalue weighted by Gasteiger charge is -2.03. The predicted octanol–water partition coefficient (Wildman–Crippen LogP) is 0.463. The summed E-state index contributed by atoms with van der Waals surface area (Å²) in [6, 6.07) is 4.35. The van der Waals surface area contributed by atoms with Crippen LogP contribution in [0.5, 0.6) is 0 Å². The molecular formula is C6H8N4O2. The SMILES string of the molecule is NNc1c(N)cccc1[N+](=O)[O-]. The molecule has 0 aliphatic carbocycles. The summed E-state index contributed by atoms with van der Waals surface area (Å²) >= 11 is 0. The third kappa shape index (κ3) is 1.28. The maximum absolute atomic E-state index is 10.4. The molecule has 0 unspecified atom stereocenters. The molecule has 5 N–H and O–H groups in total. The first kappa shape index (κ1) is 8.28. The number of hydrazine groups is 1. The highest BCUT2D eigenvalue weighted by Gasteiger charge is 2.13. The number of hydrogen-bond donors (Lipinski definition) is 3. The van der Waals surface area contributed by atoms with Crippen molar-refractivity contribution in [3.8, 4) is 0 Å². The monoisotopic (exact) mass is 168 g/mol. The Labute approximate surface area is 68.3 Å². The third-order valence-corrected chi connectivity index (χ3v) is 1.42. The largest absolute Gasteiger partial charge is 0.397 e. The normalized spacial score (nSPS) is 9.42. The second-order valence-corrected chi connectivity index (χ2v) is 2.14. The summed E-state index contributed by atoms with van der Waals surface area (Å²) in [7, 11) is 0. The number of nitro benzene ring substituents is 1. The standard InChI is InChI=1S/C6H8N4O2/c7-4-2-1-3-5(10(11)12)6(4)9-8/h1-3,9H,7-8H2. The van der Waals surface area contributed by atoms with Gasteiger partial charge in [-0.3, -0.25) is 16.0 Å². The lowest BCUT2D eigenvalue weighted by Crippen LogP contribution is -2.11. The molecular weight excluding hydrogens is 160 g/mol. The number of nitrogens with zero attached hydrogens (tertiary/aromatic N) is 1. The van der Waals surface area contributed by atoms with Crippen LogP contribution >= 0.6 is 0 Å². The molecule has 1 aromatic carbocycles. The van der Waals surface area contributed by atoms with E-state index in [2.05, 4.69) is 5.43 Å². The van der Waals surface area contributed by atoms with Gasteiger partial charge in [-0.05, 0) is 6.07 Å². The van der Waals surface area contributed by atoms with Crippen LogP contribution in [0.1, 0.15) is 0 Å². The number of para-hydroxylation sites is 1. The molecule has 0 spiro atoms. The Hall–Kier alpha value is -1.82. The van der Waals surface area contributed by atoms with Gasteiger partial charge in [0.25, 0.3) is 5.69 Å². The summed E-state index contributed by atoms with van der Waals surface area (Å²) in [6.07, 6.45) is 0. The van der Waals surface area contributed by atoms with Gasteiger partial charge in [0.2, 0.25) is 0 Å². The zero-order valence-electron chi connectivity index (χ0n) is 6.15. The zero-order valence-corrected chi connectivity index (χ0v) is 6.15. The molecule has 64 valence electrons. The van der Waals surface area contributed by atoms with Gasteiger partial charge in [-0.2, -0.15) is 0 Å². The van der Waals surface area contributed by atoms with Gasteiger partial charge >= 0.3 is 0 Å². The minimum Gasteiger partial charge on any atom is -0.397 e. The molecule has 0 saturated heterocycles. The number of anilines is 2. The molecule has 0 fully saturated rings. The van der Waals surface area contributed by atoms with Crippen LogP contribution < -0.4 is 17.0 Å². The van der Waals surface area contributed by atoms with E-state index in [4.69, 9.17) is 11.6 Å². The van der Waals surface area contributed by atoms with E-state index in [-0.39, 0.29) is 17.1 Å². The Morgan fingerprint density at radius 1 is 1.50 bits per heavy atom. The fraction of sp³-hybridized carbons (Fsp3) is 0. The van der Waals surface area contributed by atoms with Crippen LogP contribution in [0.15, 0.2) is 18.2 Å². The molecule has 6 nitrogen and oxygen atoms in total. The first-order valence-corrected chi connectivity index (χ1v) is 3.16. The highest BCUT2D eigenvalue weighted by molar-refractivity contribution is 5.75.